The van der Waals surface area contributed by atoms with Crippen molar-refractivity contribution in [3.63, 3.8) is 0 Å². The number of aryl methyl sites for hydroxylation is 2. The van der Waals surface area contributed by atoms with E-state index in [1.165, 1.54) is 18.3 Å². The molecule has 180 valence electrons. The van der Waals surface area contributed by atoms with Crippen molar-refractivity contribution in [2.45, 2.75) is 47.0 Å². The molecule has 6 nitrogen and oxygen atoms in total. The largest absolute Gasteiger partial charge is 0.328 e. The maximum atomic E-state index is 13.6. The number of Topliss-reactive ketones (excluding diaryl/α,β-unsaturated/α-hetero) is 1. The minimum atomic E-state index is -3.00. The number of alkyl halides is 2. The Bertz CT molecular complexity index is 1230. The summed E-state index contributed by atoms with van der Waals surface area (Å²) in [7, 11) is 0. The highest BCUT2D eigenvalue weighted by Gasteiger charge is 2.24. The number of imidazole rings is 1. The fourth-order valence-electron chi connectivity index (χ4n) is 3.26. The molecular formula is C24H24F4N4O2. The van der Waals surface area contributed by atoms with Crippen molar-refractivity contribution < 1.29 is 27.2 Å². The molecule has 0 saturated carbocycles. The lowest BCUT2D eigenvalue weighted by Gasteiger charge is -2.16. The van der Waals surface area contributed by atoms with Crippen LogP contribution in [0.1, 0.15) is 60.9 Å². The number of H-pyrrole nitrogens is 1. The molecule has 2 heterocycles. The number of hydrogen-bond acceptors (Lipinski definition) is 4. The lowest BCUT2D eigenvalue weighted by atomic mass is 9.87. The van der Waals surface area contributed by atoms with Crippen molar-refractivity contribution in [1.29, 1.82) is 0 Å². The Balaban J connectivity index is 1.84. The molecule has 0 atom stereocenters. The summed E-state index contributed by atoms with van der Waals surface area (Å²) in [5, 5.41) is 2.41. The number of pyridine rings is 1. The molecule has 0 spiro atoms. The van der Waals surface area contributed by atoms with E-state index in [0.29, 0.717) is 11.3 Å². The van der Waals surface area contributed by atoms with Crippen LogP contribution < -0.4 is 5.32 Å². The summed E-state index contributed by atoms with van der Waals surface area (Å²) >= 11 is 0. The molecule has 0 radical (unpaired) electrons. The van der Waals surface area contributed by atoms with E-state index in [2.05, 4.69) is 20.3 Å². The van der Waals surface area contributed by atoms with Crippen LogP contribution in [0.5, 0.6) is 0 Å². The van der Waals surface area contributed by atoms with E-state index >= 15 is 0 Å². The molecule has 0 fully saturated rings. The molecule has 0 saturated heterocycles. The van der Waals surface area contributed by atoms with Gasteiger partial charge in [-0.2, -0.15) is 0 Å². The van der Waals surface area contributed by atoms with Crippen LogP contribution in [-0.4, -0.2) is 26.6 Å². The number of ketones is 1. The second kappa shape index (κ2) is 9.74. The molecule has 2 N–H and O–H groups in total. The van der Waals surface area contributed by atoms with Gasteiger partial charge in [0.05, 0.1) is 11.3 Å². The quantitative estimate of drug-likeness (QED) is 0.422. The van der Waals surface area contributed by atoms with E-state index in [4.69, 9.17) is 0 Å². The van der Waals surface area contributed by atoms with Gasteiger partial charge in [-0.05, 0) is 43.2 Å². The summed E-state index contributed by atoms with van der Waals surface area (Å²) in [5.41, 5.74) is -0.150. The molecule has 34 heavy (non-hydrogen) atoms. The highest BCUT2D eigenvalue weighted by Crippen LogP contribution is 2.27. The van der Waals surface area contributed by atoms with Crippen molar-refractivity contribution in [3.8, 4) is 11.3 Å². The van der Waals surface area contributed by atoms with Crippen molar-refractivity contribution in [2.75, 3.05) is 5.32 Å². The predicted molar refractivity (Wildman–Crippen MR) is 119 cm³/mol. The fourth-order valence-corrected chi connectivity index (χ4v) is 3.26. The highest BCUT2D eigenvalue weighted by atomic mass is 19.3. The van der Waals surface area contributed by atoms with Gasteiger partial charge in [-0.1, -0.05) is 20.8 Å². The standard InChI is InChI=1S/C24H24F4N4O2/c1-12-19(14-6-7-16(25)17(26)10-14)31-23(30-12)32-22(34)15-9-13(11-29-20(15)21(27)28)5-8-18(33)24(2,3)4/h6-7,9-11,21H,5,8H2,1-4H3,(H2,30,31,32,34). The molecule has 0 aliphatic carbocycles. The van der Waals surface area contributed by atoms with Gasteiger partial charge in [-0.25, -0.2) is 22.5 Å². The molecule has 2 aromatic heterocycles. The number of amides is 1. The second-order valence-corrected chi connectivity index (χ2v) is 8.89. The van der Waals surface area contributed by atoms with E-state index in [1.807, 2.05) is 0 Å². The third-order valence-corrected chi connectivity index (χ3v) is 5.21. The van der Waals surface area contributed by atoms with Gasteiger partial charge in [0.15, 0.2) is 11.6 Å². The lowest BCUT2D eigenvalue weighted by molar-refractivity contribution is -0.126. The number of anilines is 1. The number of nitrogens with one attached hydrogen (secondary N) is 2. The number of nitrogens with zero attached hydrogens (tertiary/aromatic N) is 2. The maximum Gasteiger partial charge on any atom is 0.281 e. The molecule has 0 aliphatic rings. The van der Waals surface area contributed by atoms with Crippen molar-refractivity contribution in [1.82, 2.24) is 15.0 Å². The summed E-state index contributed by atoms with van der Waals surface area (Å²) in [5.74, 6) is -3.01. The number of carbonyl (C=O) groups is 2. The molecule has 0 bridgehead atoms. The molecule has 1 aromatic carbocycles. The Hall–Kier alpha value is -3.56. The number of hydrogen-bond donors (Lipinski definition) is 2. The summed E-state index contributed by atoms with van der Waals surface area (Å²) in [6.07, 6.45) is -1.35. The zero-order valence-corrected chi connectivity index (χ0v) is 19.1. The average molecular weight is 476 g/mol. The summed E-state index contributed by atoms with van der Waals surface area (Å²) in [4.78, 5) is 35.7. The van der Waals surface area contributed by atoms with E-state index < -0.39 is 35.1 Å². The van der Waals surface area contributed by atoms with Gasteiger partial charge in [0.1, 0.15) is 11.5 Å². The maximum absolute atomic E-state index is 13.6. The van der Waals surface area contributed by atoms with E-state index in [-0.39, 0.29) is 41.4 Å². The SMILES string of the molecule is Cc1[nH]c(NC(=O)c2cc(CCC(=O)C(C)(C)C)cnc2C(F)F)nc1-c1ccc(F)c(F)c1. The van der Waals surface area contributed by atoms with Crippen LogP contribution in [0.15, 0.2) is 30.5 Å². The van der Waals surface area contributed by atoms with Gasteiger partial charge >= 0.3 is 0 Å². The normalized spacial score (nSPS) is 11.7. The summed E-state index contributed by atoms with van der Waals surface area (Å²) < 4.78 is 53.8. The number of rotatable bonds is 7. The Morgan fingerprint density at radius 2 is 1.82 bits per heavy atom. The van der Waals surface area contributed by atoms with Crippen molar-refractivity contribution in [3.05, 3.63) is 64.6 Å². The predicted octanol–water partition coefficient (Wildman–Crippen LogP) is 5.80. The number of aromatic amines is 1. The molecule has 3 rings (SSSR count). The first kappa shape index (κ1) is 25.1. The zero-order chi connectivity index (χ0) is 25.2. The summed E-state index contributed by atoms with van der Waals surface area (Å²) in [6.45, 7) is 6.96. The van der Waals surface area contributed by atoms with Crippen LogP contribution in [0, 0.1) is 24.0 Å². The fraction of sp³-hybridized carbons (Fsp3) is 0.333. The molecular weight excluding hydrogens is 452 g/mol. The van der Waals surface area contributed by atoms with Crippen LogP contribution >= 0.6 is 0 Å². The molecule has 3 aromatic rings. The van der Waals surface area contributed by atoms with Crippen LogP contribution in [0.3, 0.4) is 0 Å². The monoisotopic (exact) mass is 476 g/mol. The van der Waals surface area contributed by atoms with Crippen LogP contribution in [0.25, 0.3) is 11.3 Å². The second-order valence-electron chi connectivity index (χ2n) is 8.89. The molecule has 1 amide bonds. The Morgan fingerprint density at radius 1 is 1.12 bits per heavy atom. The Labute approximate surface area is 193 Å². The molecule has 0 unspecified atom stereocenters. The van der Waals surface area contributed by atoms with E-state index in [1.54, 1.807) is 27.7 Å². The van der Waals surface area contributed by atoms with Crippen LogP contribution in [0.4, 0.5) is 23.5 Å². The number of aromatic nitrogens is 3. The number of halogens is 4. The molecule has 10 heteroatoms. The van der Waals surface area contributed by atoms with Crippen molar-refractivity contribution in [2.24, 2.45) is 5.41 Å². The molecule has 0 aliphatic heterocycles. The number of carbonyl (C=O) groups excluding carboxylic acids is 2. The van der Waals surface area contributed by atoms with Crippen molar-refractivity contribution >= 4 is 17.6 Å². The Morgan fingerprint density at radius 3 is 2.44 bits per heavy atom. The first-order valence-corrected chi connectivity index (χ1v) is 10.5. The topological polar surface area (TPSA) is 87.7 Å². The third kappa shape index (κ3) is 5.67. The lowest BCUT2D eigenvalue weighted by Crippen LogP contribution is -2.21. The van der Waals surface area contributed by atoms with Crippen LogP contribution in [-0.2, 0) is 11.2 Å². The zero-order valence-electron chi connectivity index (χ0n) is 19.1. The first-order valence-electron chi connectivity index (χ1n) is 10.5. The van der Waals surface area contributed by atoms with Gasteiger partial charge in [0.25, 0.3) is 12.3 Å². The van der Waals surface area contributed by atoms with Gasteiger partial charge in [0.2, 0.25) is 5.95 Å². The van der Waals surface area contributed by atoms with Gasteiger partial charge < -0.3 is 4.98 Å². The van der Waals surface area contributed by atoms with E-state index in [0.717, 1.165) is 12.1 Å². The first-order chi connectivity index (χ1) is 15.9. The smallest absolute Gasteiger partial charge is 0.281 e. The minimum Gasteiger partial charge on any atom is -0.328 e. The number of benzene rings is 1. The van der Waals surface area contributed by atoms with E-state index in [9.17, 15) is 27.2 Å². The Kier molecular flexibility index (Phi) is 7.18. The van der Waals surface area contributed by atoms with Gasteiger partial charge in [0, 0.05) is 29.3 Å². The third-order valence-electron chi connectivity index (χ3n) is 5.21. The van der Waals surface area contributed by atoms with Gasteiger partial charge in [-0.3, -0.25) is 19.9 Å². The van der Waals surface area contributed by atoms with Crippen LogP contribution in [0.2, 0.25) is 0 Å². The average Bonchev–Trinajstić information content (AvgIpc) is 3.12. The summed E-state index contributed by atoms with van der Waals surface area (Å²) in [6, 6.07) is 4.53. The highest BCUT2D eigenvalue weighted by molar-refractivity contribution is 6.04. The van der Waals surface area contributed by atoms with Gasteiger partial charge in [-0.15, -0.1) is 0 Å². The minimum absolute atomic E-state index is 0.00717.